The Hall–Kier alpha value is -0.790. The van der Waals surface area contributed by atoms with Crippen molar-refractivity contribution in [1.29, 1.82) is 0 Å². The SMILES string of the molecule is CNC[C@@H](CC(=O)N1CCC[C@@H]([C@@](O)(CCCCOC)C2CCCCC2)C1)CC1CCC(F)(F)CC1. The third-order valence-electron chi connectivity index (χ3n) is 9.43. The standard InChI is InChI=1S/C29H52F2N2O3/c1-32-21-24(19-23-12-15-28(30,31)16-13-23)20-27(34)33-17-8-11-26(22-33)29(35,14-6-7-18-36-2)25-9-4-3-5-10-25/h23-26,32,35H,3-22H2,1-2H3/t24-,26-,29-/m1/s1. The molecule has 0 aromatic carbocycles. The first-order valence-electron chi connectivity index (χ1n) is 14.8. The lowest BCUT2D eigenvalue weighted by atomic mass is 9.66. The van der Waals surface area contributed by atoms with Gasteiger partial charge in [-0.2, -0.15) is 0 Å². The minimum atomic E-state index is -2.51. The molecule has 0 radical (unpaired) electrons. The lowest BCUT2D eigenvalue weighted by Crippen LogP contribution is -2.53. The van der Waals surface area contributed by atoms with Crippen LogP contribution in [0.5, 0.6) is 0 Å². The molecule has 3 rings (SSSR count). The highest BCUT2D eigenvalue weighted by molar-refractivity contribution is 5.76. The van der Waals surface area contributed by atoms with Gasteiger partial charge in [0.05, 0.1) is 5.60 Å². The Kier molecular flexibility index (Phi) is 11.9. The molecular formula is C29H52F2N2O3. The molecule has 7 heteroatoms. The molecule has 1 aliphatic heterocycles. The summed E-state index contributed by atoms with van der Waals surface area (Å²) in [6.07, 6.45) is 12.9. The van der Waals surface area contributed by atoms with E-state index in [1.165, 1.54) is 19.3 Å². The number of nitrogens with one attached hydrogen (secondary N) is 1. The minimum Gasteiger partial charge on any atom is -0.389 e. The van der Waals surface area contributed by atoms with Crippen molar-refractivity contribution >= 4 is 5.91 Å². The van der Waals surface area contributed by atoms with Crippen molar-refractivity contribution in [1.82, 2.24) is 10.2 Å². The summed E-state index contributed by atoms with van der Waals surface area (Å²) < 4.78 is 32.4. The normalized spacial score (nSPS) is 26.5. The number of nitrogens with zero attached hydrogens (tertiary/aromatic N) is 1. The summed E-state index contributed by atoms with van der Waals surface area (Å²) in [6, 6.07) is 0. The number of piperidine rings is 1. The first kappa shape index (κ1) is 29.8. The summed E-state index contributed by atoms with van der Waals surface area (Å²) in [6.45, 7) is 2.88. The van der Waals surface area contributed by atoms with E-state index < -0.39 is 11.5 Å². The van der Waals surface area contributed by atoms with Gasteiger partial charge in [-0.15, -0.1) is 0 Å². The van der Waals surface area contributed by atoms with Crippen LogP contribution in [-0.4, -0.2) is 67.8 Å². The number of hydrogen-bond acceptors (Lipinski definition) is 4. The number of alkyl halides is 2. The van der Waals surface area contributed by atoms with Gasteiger partial charge < -0.3 is 20.1 Å². The van der Waals surface area contributed by atoms with E-state index in [0.717, 1.165) is 71.1 Å². The molecule has 1 amide bonds. The molecule has 36 heavy (non-hydrogen) atoms. The number of amides is 1. The highest BCUT2D eigenvalue weighted by Gasteiger charge is 2.45. The second-order valence-electron chi connectivity index (χ2n) is 12.1. The van der Waals surface area contributed by atoms with E-state index in [-0.39, 0.29) is 36.5 Å². The Morgan fingerprint density at radius 1 is 1.08 bits per heavy atom. The quantitative estimate of drug-likeness (QED) is 0.305. The molecule has 2 aliphatic carbocycles. The lowest BCUT2D eigenvalue weighted by molar-refractivity contribution is -0.142. The zero-order valence-electron chi connectivity index (χ0n) is 22.9. The molecule has 2 saturated carbocycles. The van der Waals surface area contributed by atoms with Crippen LogP contribution in [0.2, 0.25) is 0 Å². The molecule has 0 bridgehead atoms. The van der Waals surface area contributed by atoms with Crippen molar-refractivity contribution in [3.63, 3.8) is 0 Å². The number of hydrogen-bond donors (Lipinski definition) is 2. The van der Waals surface area contributed by atoms with Crippen LogP contribution >= 0.6 is 0 Å². The molecule has 1 heterocycles. The summed E-state index contributed by atoms with van der Waals surface area (Å²) in [4.78, 5) is 15.5. The number of aliphatic hydroxyl groups is 1. The first-order valence-corrected chi connectivity index (χ1v) is 14.8. The minimum absolute atomic E-state index is 0.0180. The molecule has 210 valence electrons. The molecule has 0 aromatic rings. The van der Waals surface area contributed by atoms with Crippen LogP contribution in [0.15, 0.2) is 0 Å². The predicted octanol–water partition coefficient (Wildman–Crippen LogP) is 5.79. The van der Waals surface area contributed by atoms with Gasteiger partial charge in [0.2, 0.25) is 11.8 Å². The van der Waals surface area contributed by atoms with Crippen LogP contribution in [0, 0.1) is 23.7 Å². The van der Waals surface area contributed by atoms with Gasteiger partial charge in [0.25, 0.3) is 0 Å². The Bertz CT molecular complexity index is 648. The Morgan fingerprint density at radius 3 is 2.44 bits per heavy atom. The number of rotatable bonds is 13. The van der Waals surface area contributed by atoms with Gasteiger partial charge in [-0.05, 0) is 95.6 Å². The van der Waals surface area contributed by atoms with E-state index in [1.54, 1.807) is 7.11 Å². The van der Waals surface area contributed by atoms with Crippen LogP contribution in [0.4, 0.5) is 8.78 Å². The fourth-order valence-electron chi connectivity index (χ4n) is 7.32. The topological polar surface area (TPSA) is 61.8 Å². The summed E-state index contributed by atoms with van der Waals surface area (Å²) in [5.41, 5.74) is -0.704. The summed E-state index contributed by atoms with van der Waals surface area (Å²) in [5.74, 6) is -1.42. The molecule has 3 atom stereocenters. The third kappa shape index (κ3) is 8.62. The number of likely N-dealkylation sites (tertiary alicyclic amines) is 1. The second-order valence-corrected chi connectivity index (χ2v) is 12.1. The first-order chi connectivity index (χ1) is 17.3. The van der Waals surface area contributed by atoms with Gasteiger partial charge >= 0.3 is 0 Å². The van der Waals surface area contributed by atoms with E-state index in [2.05, 4.69) is 5.32 Å². The fourth-order valence-corrected chi connectivity index (χ4v) is 7.32. The number of unbranched alkanes of at least 4 members (excludes halogenated alkanes) is 1. The molecule has 3 fully saturated rings. The maximum absolute atomic E-state index is 13.6. The van der Waals surface area contributed by atoms with Crippen molar-refractivity contribution in [2.24, 2.45) is 23.7 Å². The maximum Gasteiger partial charge on any atom is 0.248 e. The number of carbonyl (C=O) groups excluding carboxylic acids is 1. The van der Waals surface area contributed by atoms with Gasteiger partial charge in [-0.3, -0.25) is 4.79 Å². The molecule has 1 saturated heterocycles. The highest BCUT2D eigenvalue weighted by atomic mass is 19.3. The van der Waals surface area contributed by atoms with Crippen molar-refractivity contribution in [2.45, 2.75) is 114 Å². The number of halogens is 2. The third-order valence-corrected chi connectivity index (χ3v) is 9.43. The smallest absolute Gasteiger partial charge is 0.248 e. The highest BCUT2D eigenvalue weighted by Crippen LogP contribution is 2.44. The average molecular weight is 515 g/mol. The van der Waals surface area contributed by atoms with Gasteiger partial charge in [0.1, 0.15) is 0 Å². The fraction of sp³-hybridized carbons (Fsp3) is 0.966. The second kappa shape index (κ2) is 14.4. The predicted molar refractivity (Wildman–Crippen MR) is 140 cm³/mol. The van der Waals surface area contributed by atoms with Gasteiger partial charge in [0.15, 0.2) is 0 Å². The molecular weight excluding hydrogens is 462 g/mol. The van der Waals surface area contributed by atoms with E-state index in [4.69, 9.17) is 4.74 Å². The molecule has 3 aliphatic rings. The largest absolute Gasteiger partial charge is 0.389 e. The van der Waals surface area contributed by atoms with Gasteiger partial charge in [-0.25, -0.2) is 8.78 Å². The zero-order valence-corrected chi connectivity index (χ0v) is 22.9. The van der Waals surface area contributed by atoms with Crippen molar-refractivity contribution < 1.29 is 23.4 Å². The molecule has 5 nitrogen and oxygen atoms in total. The summed E-state index contributed by atoms with van der Waals surface area (Å²) in [5, 5.41) is 15.4. The van der Waals surface area contributed by atoms with Crippen LogP contribution in [0.25, 0.3) is 0 Å². The van der Waals surface area contributed by atoms with Gasteiger partial charge in [0, 0.05) is 52.0 Å². The monoisotopic (exact) mass is 514 g/mol. The lowest BCUT2D eigenvalue weighted by Gasteiger charge is -2.48. The van der Waals surface area contributed by atoms with E-state index in [9.17, 15) is 18.7 Å². The summed E-state index contributed by atoms with van der Waals surface area (Å²) in [7, 11) is 3.63. The number of methoxy groups -OCH3 is 1. The Morgan fingerprint density at radius 2 is 1.78 bits per heavy atom. The van der Waals surface area contributed by atoms with Crippen molar-refractivity contribution in [2.75, 3.05) is 40.4 Å². The summed E-state index contributed by atoms with van der Waals surface area (Å²) >= 11 is 0. The van der Waals surface area contributed by atoms with Crippen LogP contribution in [-0.2, 0) is 9.53 Å². The van der Waals surface area contributed by atoms with Crippen LogP contribution in [0.1, 0.15) is 103 Å². The molecule has 2 N–H and O–H groups in total. The van der Waals surface area contributed by atoms with Crippen LogP contribution in [0.3, 0.4) is 0 Å². The average Bonchev–Trinajstić information content (AvgIpc) is 2.88. The van der Waals surface area contributed by atoms with E-state index >= 15 is 0 Å². The Labute approximate surface area is 218 Å². The number of ether oxygens (including phenoxy) is 1. The van der Waals surface area contributed by atoms with E-state index in [1.807, 2.05) is 11.9 Å². The molecule has 0 aromatic heterocycles. The van der Waals surface area contributed by atoms with Gasteiger partial charge in [-0.1, -0.05) is 19.3 Å². The number of carbonyl (C=O) groups is 1. The molecule has 0 spiro atoms. The molecule has 0 unspecified atom stereocenters. The van der Waals surface area contributed by atoms with Crippen LogP contribution < -0.4 is 5.32 Å². The van der Waals surface area contributed by atoms with Crippen molar-refractivity contribution in [3.05, 3.63) is 0 Å². The Balaban J connectivity index is 1.60. The van der Waals surface area contributed by atoms with E-state index in [0.29, 0.717) is 31.7 Å². The zero-order chi connectivity index (χ0) is 26.0. The maximum atomic E-state index is 13.6. The van der Waals surface area contributed by atoms with Crippen molar-refractivity contribution in [3.8, 4) is 0 Å².